The van der Waals surface area contributed by atoms with Crippen LogP contribution in [-0.4, -0.2) is 35.5 Å². The van der Waals surface area contributed by atoms with Crippen LogP contribution in [0.25, 0.3) is 0 Å². The first-order valence-corrected chi connectivity index (χ1v) is 10.6. The van der Waals surface area contributed by atoms with Crippen molar-refractivity contribution in [2.75, 3.05) is 13.2 Å². The second-order valence-electron chi connectivity index (χ2n) is 7.35. The van der Waals surface area contributed by atoms with E-state index in [4.69, 9.17) is 19.6 Å². The van der Waals surface area contributed by atoms with Gasteiger partial charge in [0.2, 0.25) is 0 Å². The predicted octanol–water partition coefficient (Wildman–Crippen LogP) is 5.01. The summed E-state index contributed by atoms with van der Waals surface area (Å²) in [5.74, 6) is -0.955. The summed E-state index contributed by atoms with van der Waals surface area (Å²) < 4.78 is 5.35. The molecular weight excluding hydrogens is 332 g/mol. The van der Waals surface area contributed by atoms with Crippen molar-refractivity contribution in [1.29, 1.82) is 0 Å². The third-order valence-corrected chi connectivity index (χ3v) is 4.82. The van der Waals surface area contributed by atoms with E-state index in [0.29, 0.717) is 6.42 Å². The lowest BCUT2D eigenvalue weighted by atomic mass is 10.0. The number of ether oxygens (including phenoxy) is 1. The van der Waals surface area contributed by atoms with E-state index in [1.807, 2.05) is 0 Å². The number of hydrogen-bond donors (Lipinski definition) is 2. The first kappa shape index (κ1) is 23.6. The molecule has 1 aliphatic rings. The predicted molar refractivity (Wildman–Crippen MR) is 103 cm³/mol. The van der Waals surface area contributed by atoms with Crippen LogP contribution in [0.2, 0.25) is 0 Å². The molecule has 2 N–H and O–H groups in total. The minimum Gasteiger partial charge on any atom is -0.394 e. The quantitative estimate of drug-likeness (QED) is 0.144. The van der Waals surface area contributed by atoms with E-state index in [1.54, 1.807) is 0 Å². The number of unbranched alkanes of at least 4 members (excludes halogenated alkanes) is 12. The topological polar surface area (TPSA) is 74.8 Å². The van der Waals surface area contributed by atoms with E-state index in [9.17, 15) is 5.11 Å². The summed E-state index contributed by atoms with van der Waals surface area (Å²) in [6, 6.07) is 0. The van der Waals surface area contributed by atoms with Crippen LogP contribution in [0.15, 0.2) is 12.2 Å². The Labute approximate surface area is 159 Å². The largest absolute Gasteiger partial charge is 0.394 e. The van der Waals surface area contributed by atoms with Crippen molar-refractivity contribution in [3.05, 3.63) is 12.2 Å². The summed E-state index contributed by atoms with van der Waals surface area (Å²) in [5.41, 5.74) is 0. The average molecular weight is 373 g/mol. The van der Waals surface area contributed by atoms with E-state index in [0.717, 1.165) is 12.8 Å². The van der Waals surface area contributed by atoms with Gasteiger partial charge in [-0.3, -0.25) is 0 Å². The minimum absolute atomic E-state index is 0.0340. The number of aliphatic hydroxyl groups excluding tert-OH is 2. The Kier molecular flexibility index (Phi) is 14.1. The Bertz CT molecular complexity index is 341. The molecule has 1 atom stereocenters. The highest BCUT2D eigenvalue weighted by Gasteiger charge is 2.50. The number of hydrogen-bond acceptors (Lipinski definition) is 5. The Hall–Kier alpha value is -0.460. The molecule has 0 amide bonds. The lowest BCUT2D eigenvalue weighted by Gasteiger charge is -2.11. The lowest BCUT2D eigenvalue weighted by Crippen LogP contribution is -2.26. The van der Waals surface area contributed by atoms with Gasteiger partial charge in [-0.1, -0.05) is 76.4 Å². The molecule has 1 heterocycles. The first-order chi connectivity index (χ1) is 12.7. The van der Waals surface area contributed by atoms with Crippen LogP contribution < -0.4 is 0 Å². The van der Waals surface area contributed by atoms with Crippen molar-refractivity contribution in [3.8, 4) is 0 Å². The second kappa shape index (κ2) is 15.6. The Balaban J connectivity index is 1.77. The van der Waals surface area contributed by atoms with Crippen LogP contribution >= 0.6 is 0 Å². The molecule has 5 heteroatoms. The van der Waals surface area contributed by atoms with Gasteiger partial charge in [0.15, 0.2) is 0 Å². The summed E-state index contributed by atoms with van der Waals surface area (Å²) in [6.07, 6.45) is 21.1. The summed E-state index contributed by atoms with van der Waals surface area (Å²) in [5, 5.41) is 18.0. The van der Waals surface area contributed by atoms with Crippen molar-refractivity contribution in [2.24, 2.45) is 0 Å². The molecule has 0 aromatic carbocycles. The van der Waals surface area contributed by atoms with Gasteiger partial charge in [-0.25, -0.2) is 0 Å². The smallest absolute Gasteiger partial charge is 0.340 e. The highest BCUT2D eigenvalue weighted by molar-refractivity contribution is 4.76. The fourth-order valence-corrected chi connectivity index (χ4v) is 3.06. The Morgan fingerprint density at radius 3 is 1.81 bits per heavy atom. The lowest BCUT2D eigenvalue weighted by molar-refractivity contribution is -0.101. The van der Waals surface area contributed by atoms with Crippen LogP contribution in [0.1, 0.15) is 96.8 Å². The van der Waals surface area contributed by atoms with E-state index in [2.05, 4.69) is 19.1 Å². The summed E-state index contributed by atoms with van der Waals surface area (Å²) >= 11 is 0. The molecule has 0 aliphatic carbocycles. The third-order valence-electron chi connectivity index (χ3n) is 4.82. The molecule has 154 valence electrons. The molecule has 0 aromatic rings. The second-order valence-corrected chi connectivity index (χ2v) is 7.35. The zero-order chi connectivity index (χ0) is 18.9. The van der Waals surface area contributed by atoms with Gasteiger partial charge >= 0.3 is 5.97 Å². The van der Waals surface area contributed by atoms with Gasteiger partial charge in [0.1, 0.15) is 6.10 Å². The van der Waals surface area contributed by atoms with E-state index in [-0.39, 0.29) is 13.2 Å². The zero-order valence-electron chi connectivity index (χ0n) is 16.7. The third kappa shape index (κ3) is 12.8. The molecule has 0 aromatic heterocycles. The molecule has 1 fully saturated rings. The van der Waals surface area contributed by atoms with Gasteiger partial charge < -0.3 is 14.9 Å². The fourth-order valence-electron chi connectivity index (χ4n) is 3.06. The van der Waals surface area contributed by atoms with Gasteiger partial charge in [0.25, 0.3) is 0 Å². The van der Waals surface area contributed by atoms with E-state index < -0.39 is 12.1 Å². The maximum atomic E-state index is 9.26. The number of allylic oxidation sites excluding steroid dienone is 2. The number of rotatable bonds is 19. The SMILES string of the molecule is CC=CCCCCCCCCCCCCCCC1(OCC(O)CO)OO1. The maximum absolute atomic E-state index is 9.26. The van der Waals surface area contributed by atoms with Gasteiger partial charge in [-0.05, 0) is 26.2 Å². The highest BCUT2D eigenvalue weighted by atomic mass is 17.4. The summed E-state index contributed by atoms with van der Waals surface area (Å²) in [6.45, 7) is 1.81. The van der Waals surface area contributed by atoms with Crippen molar-refractivity contribution in [2.45, 2.75) is 109 Å². The first-order valence-electron chi connectivity index (χ1n) is 10.6. The van der Waals surface area contributed by atoms with Crippen LogP contribution in [-0.2, 0) is 14.5 Å². The molecule has 5 nitrogen and oxygen atoms in total. The summed E-state index contributed by atoms with van der Waals surface area (Å²) in [4.78, 5) is 9.78. The monoisotopic (exact) mass is 372 g/mol. The van der Waals surface area contributed by atoms with E-state index in [1.165, 1.54) is 70.6 Å². The van der Waals surface area contributed by atoms with Gasteiger partial charge in [-0.2, -0.15) is 9.78 Å². The molecule has 0 bridgehead atoms. The van der Waals surface area contributed by atoms with Crippen LogP contribution in [0.3, 0.4) is 0 Å². The molecule has 0 radical (unpaired) electrons. The molecule has 1 saturated heterocycles. The maximum Gasteiger partial charge on any atom is 0.340 e. The van der Waals surface area contributed by atoms with Gasteiger partial charge in [-0.15, -0.1) is 0 Å². The fraction of sp³-hybridized carbons (Fsp3) is 0.905. The van der Waals surface area contributed by atoms with Crippen LogP contribution in [0.4, 0.5) is 0 Å². The molecular formula is C21H40O5. The Morgan fingerprint density at radius 2 is 1.35 bits per heavy atom. The normalized spacial score (nSPS) is 17.0. The van der Waals surface area contributed by atoms with Crippen LogP contribution in [0, 0.1) is 0 Å². The molecule has 26 heavy (non-hydrogen) atoms. The standard InChI is InChI=1S/C21H40O5/c1-2-3-4-5-6-7-8-9-10-11-12-13-14-15-16-17-21(25-26-21)24-19-20(23)18-22/h2-3,20,22-23H,4-19H2,1H3. The summed E-state index contributed by atoms with van der Waals surface area (Å²) in [7, 11) is 0. The van der Waals surface area contributed by atoms with Crippen LogP contribution in [0.5, 0.6) is 0 Å². The van der Waals surface area contributed by atoms with Crippen molar-refractivity contribution < 1.29 is 24.7 Å². The molecule has 1 unspecified atom stereocenters. The molecule has 1 rings (SSSR count). The average Bonchev–Trinajstić information content (AvgIpc) is 3.43. The Morgan fingerprint density at radius 1 is 0.846 bits per heavy atom. The van der Waals surface area contributed by atoms with Crippen molar-refractivity contribution >= 4 is 0 Å². The van der Waals surface area contributed by atoms with Gasteiger partial charge in [0, 0.05) is 6.42 Å². The van der Waals surface area contributed by atoms with E-state index >= 15 is 0 Å². The molecule has 0 spiro atoms. The molecule has 0 saturated carbocycles. The van der Waals surface area contributed by atoms with Gasteiger partial charge in [0.05, 0.1) is 13.2 Å². The molecule has 1 aliphatic heterocycles. The van der Waals surface area contributed by atoms with Crippen molar-refractivity contribution in [1.82, 2.24) is 0 Å². The zero-order valence-corrected chi connectivity index (χ0v) is 16.7. The van der Waals surface area contributed by atoms with Crippen molar-refractivity contribution in [3.63, 3.8) is 0 Å². The highest BCUT2D eigenvalue weighted by Crippen LogP contribution is 2.36. The number of aliphatic hydroxyl groups is 2. The minimum atomic E-state index is -0.955.